The summed E-state index contributed by atoms with van der Waals surface area (Å²) in [4.78, 5) is 0. The molecule has 0 radical (unpaired) electrons. The summed E-state index contributed by atoms with van der Waals surface area (Å²) in [5, 5.41) is 0. The third-order valence-electron chi connectivity index (χ3n) is 2.38. The van der Waals surface area contributed by atoms with Crippen molar-refractivity contribution in [3.05, 3.63) is 36.4 Å². The second-order valence-electron chi connectivity index (χ2n) is 3.76. The molecule has 88 valence electrons. The topological polar surface area (TPSA) is 18.5 Å². The van der Waals surface area contributed by atoms with Crippen molar-refractivity contribution in [2.45, 2.75) is 19.4 Å². The van der Waals surface area contributed by atoms with E-state index in [1.165, 1.54) is 0 Å². The molecule has 16 heavy (non-hydrogen) atoms. The highest BCUT2D eigenvalue weighted by atomic mass is 28.3. The lowest BCUT2D eigenvalue weighted by Gasteiger charge is -2.16. The SMILES string of the molecule is C=Cc1ccc(O[SiH](CCC)COC)cc1. The molecule has 2 nitrogen and oxygen atoms in total. The average molecular weight is 236 g/mol. The van der Waals surface area contributed by atoms with E-state index in [4.69, 9.17) is 9.16 Å². The van der Waals surface area contributed by atoms with Crippen molar-refractivity contribution in [3.8, 4) is 5.75 Å². The monoisotopic (exact) mass is 236 g/mol. The molecule has 0 aliphatic carbocycles. The summed E-state index contributed by atoms with van der Waals surface area (Å²) >= 11 is 0. The molecule has 0 aliphatic rings. The van der Waals surface area contributed by atoms with Gasteiger partial charge in [-0.05, 0) is 23.7 Å². The van der Waals surface area contributed by atoms with E-state index in [0.717, 1.165) is 30.0 Å². The highest BCUT2D eigenvalue weighted by Gasteiger charge is 2.12. The van der Waals surface area contributed by atoms with E-state index in [2.05, 4.69) is 13.5 Å². The van der Waals surface area contributed by atoms with Gasteiger partial charge < -0.3 is 9.16 Å². The summed E-state index contributed by atoms with van der Waals surface area (Å²) in [7, 11) is 0.503. The van der Waals surface area contributed by atoms with Crippen LogP contribution in [0.2, 0.25) is 6.04 Å². The van der Waals surface area contributed by atoms with Crippen molar-refractivity contribution < 1.29 is 9.16 Å². The first kappa shape index (κ1) is 13.0. The van der Waals surface area contributed by atoms with Gasteiger partial charge in [-0.2, -0.15) is 0 Å². The van der Waals surface area contributed by atoms with Gasteiger partial charge in [0.2, 0.25) is 0 Å². The molecule has 0 aliphatic heterocycles. The van der Waals surface area contributed by atoms with Gasteiger partial charge in [-0.1, -0.05) is 38.1 Å². The van der Waals surface area contributed by atoms with E-state index < -0.39 is 9.04 Å². The molecule has 0 heterocycles. The summed E-state index contributed by atoms with van der Waals surface area (Å²) in [6, 6.07) is 9.20. The molecule has 0 spiro atoms. The first-order valence-corrected chi connectivity index (χ1v) is 7.78. The maximum atomic E-state index is 5.97. The lowest BCUT2D eigenvalue weighted by atomic mass is 10.2. The molecule has 1 atom stereocenters. The van der Waals surface area contributed by atoms with Crippen LogP contribution in [0.4, 0.5) is 0 Å². The van der Waals surface area contributed by atoms with Gasteiger partial charge in [0.15, 0.2) is 0 Å². The molecule has 0 amide bonds. The van der Waals surface area contributed by atoms with Crippen LogP contribution in [0.1, 0.15) is 18.9 Å². The molecular weight excluding hydrogens is 216 g/mol. The summed E-state index contributed by atoms with van der Waals surface area (Å²) in [5.74, 6) is 0.952. The number of hydrogen-bond donors (Lipinski definition) is 0. The Morgan fingerprint density at radius 3 is 2.50 bits per heavy atom. The van der Waals surface area contributed by atoms with Crippen molar-refractivity contribution >= 4 is 15.1 Å². The van der Waals surface area contributed by atoms with Crippen LogP contribution in [-0.2, 0) is 4.74 Å². The van der Waals surface area contributed by atoms with E-state index in [9.17, 15) is 0 Å². The van der Waals surface area contributed by atoms with Gasteiger partial charge in [0.25, 0.3) is 9.04 Å². The Balaban J connectivity index is 2.58. The van der Waals surface area contributed by atoms with E-state index in [1.54, 1.807) is 7.11 Å². The summed E-state index contributed by atoms with van der Waals surface area (Å²) in [6.07, 6.45) is 3.77. The van der Waals surface area contributed by atoms with Gasteiger partial charge in [-0.25, -0.2) is 0 Å². The quantitative estimate of drug-likeness (QED) is 0.678. The highest BCUT2D eigenvalue weighted by molar-refractivity contribution is 6.52. The smallest absolute Gasteiger partial charge is 0.260 e. The third-order valence-corrected chi connectivity index (χ3v) is 4.91. The number of rotatable bonds is 7. The Labute approximate surface area is 99.6 Å². The number of methoxy groups -OCH3 is 1. The van der Waals surface area contributed by atoms with Gasteiger partial charge in [-0.3, -0.25) is 0 Å². The molecule has 0 aromatic heterocycles. The van der Waals surface area contributed by atoms with Crippen LogP contribution >= 0.6 is 0 Å². The van der Waals surface area contributed by atoms with E-state index >= 15 is 0 Å². The van der Waals surface area contributed by atoms with Crippen molar-refractivity contribution in [1.82, 2.24) is 0 Å². The molecule has 0 fully saturated rings. The lowest BCUT2D eigenvalue weighted by Crippen LogP contribution is -2.27. The van der Waals surface area contributed by atoms with Crippen LogP contribution in [0.3, 0.4) is 0 Å². The van der Waals surface area contributed by atoms with Crippen LogP contribution in [0.5, 0.6) is 5.75 Å². The van der Waals surface area contributed by atoms with Crippen LogP contribution in [0.15, 0.2) is 30.8 Å². The molecule has 0 bridgehead atoms. The standard InChI is InChI=1S/C13H20O2Si/c1-4-10-16(11-14-3)15-13-8-6-12(5-2)7-9-13/h5-9,16H,2,4,10-11H2,1,3H3. The summed E-state index contributed by atoms with van der Waals surface area (Å²) < 4.78 is 11.2. The molecule has 0 saturated heterocycles. The van der Waals surface area contributed by atoms with Crippen molar-refractivity contribution in [2.24, 2.45) is 0 Å². The molecule has 1 unspecified atom stereocenters. The predicted octanol–water partition coefficient (Wildman–Crippen LogP) is 3.03. The molecule has 0 N–H and O–H groups in total. The third kappa shape index (κ3) is 4.21. The molecule has 1 aromatic carbocycles. The van der Waals surface area contributed by atoms with Crippen LogP contribution in [-0.4, -0.2) is 22.4 Å². The van der Waals surface area contributed by atoms with Crippen LogP contribution in [0, 0.1) is 0 Å². The number of hydrogen-bond acceptors (Lipinski definition) is 2. The zero-order chi connectivity index (χ0) is 11.8. The zero-order valence-electron chi connectivity index (χ0n) is 10.1. The van der Waals surface area contributed by atoms with Gasteiger partial charge in [0, 0.05) is 7.11 Å². The Bertz CT molecular complexity index is 302. The fourth-order valence-corrected chi connectivity index (χ4v) is 3.47. The second kappa shape index (κ2) is 7.25. The Morgan fingerprint density at radius 2 is 2.00 bits per heavy atom. The second-order valence-corrected chi connectivity index (χ2v) is 6.15. The van der Waals surface area contributed by atoms with Crippen LogP contribution in [0.25, 0.3) is 6.08 Å². The molecule has 3 heteroatoms. The normalized spacial score (nSPS) is 12.1. The van der Waals surface area contributed by atoms with Gasteiger partial charge in [-0.15, -0.1) is 0 Å². The minimum atomic E-state index is -1.23. The van der Waals surface area contributed by atoms with Gasteiger partial charge >= 0.3 is 0 Å². The Hall–Kier alpha value is -1.06. The van der Waals surface area contributed by atoms with E-state index in [-0.39, 0.29) is 0 Å². The first-order chi connectivity index (χ1) is 7.80. The van der Waals surface area contributed by atoms with Crippen molar-refractivity contribution in [2.75, 3.05) is 13.3 Å². The van der Waals surface area contributed by atoms with Gasteiger partial charge in [0.1, 0.15) is 5.75 Å². The fraction of sp³-hybridized carbons (Fsp3) is 0.385. The molecule has 1 aromatic rings. The summed E-state index contributed by atoms with van der Waals surface area (Å²) in [5.41, 5.74) is 1.12. The van der Waals surface area contributed by atoms with Crippen LogP contribution < -0.4 is 4.43 Å². The minimum absolute atomic E-state index is 0.775. The molecular formula is C13H20O2Si. The predicted molar refractivity (Wildman–Crippen MR) is 71.3 cm³/mol. The average Bonchev–Trinajstić information content (AvgIpc) is 2.31. The zero-order valence-corrected chi connectivity index (χ0v) is 11.3. The maximum absolute atomic E-state index is 5.97. The Kier molecular flexibility index (Phi) is 5.89. The molecule has 0 saturated carbocycles. The first-order valence-electron chi connectivity index (χ1n) is 5.68. The maximum Gasteiger partial charge on any atom is 0.260 e. The highest BCUT2D eigenvalue weighted by Crippen LogP contribution is 2.15. The Morgan fingerprint density at radius 1 is 1.31 bits per heavy atom. The largest absolute Gasteiger partial charge is 0.544 e. The molecule has 1 rings (SSSR count). The van der Waals surface area contributed by atoms with E-state index in [0.29, 0.717) is 0 Å². The van der Waals surface area contributed by atoms with Crippen molar-refractivity contribution in [1.29, 1.82) is 0 Å². The fourth-order valence-electron chi connectivity index (χ4n) is 1.56. The minimum Gasteiger partial charge on any atom is -0.544 e. The lowest BCUT2D eigenvalue weighted by molar-refractivity contribution is 0.238. The van der Waals surface area contributed by atoms with E-state index in [1.807, 2.05) is 30.3 Å². The van der Waals surface area contributed by atoms with Gasteiger partial charge in [0.05, 0.1) is 6.23 Å². The number of ether oxygens (including phenoxy) is 1. The number of benzene rings is 1. The van der Waals surface area contributed by atoms with Crippen molar-refractivity contribution in [3.63, 3.8) is 0 Å². The summed E-state index contributed by atoms with van der Waals surface area (Å²) in [6.45, 7) is 5.91.